The van der Waals surface area contributed by atoms with E-state index in [-0.39, 0.29) is 41.8 Å². The maximum Gasteiger partial charge on any atom is 0.264 e. The van der Waals surface area contributed by atoms with E-state index in [2.05, 4.69) is 20.9 Å². The summed E-state index contributed by atoms with van der Waals surface area (Å²) in [5.74, 6) is -0.224. The monoisotopic (exact) mass is 724 g/mol. The first-order valence-corrected chi connectivity index (χ1v) is 21.2. The molecule has 1 aromatic heterocycles. The van der Waals surface area contributed by atoms with Crippen LogP contribution in [0.3, 0.4) is 0 Å². The number of methoxy groups -OCH3 is 1. The van der Waals surface area contributed by atoms with Gasteiger partial charge in [0.1, 0.15) is 5.75 Å². The molecule has 0 bridgehead atoms. The number of carbonyl (C=O) groups excluding carboxylic acids is 2. The van der Waals surface area contributed by atoms with Crippen molar-refractivity contribution in [2.45, 2.75) is 81.6 Å². The highest BCUT2D eigenvalue weighted by Crippen LogP contribution is 2.60. The molecule has 4 heterocycles. The third-order valence-electron chi connectivity index (χ3n) is 11.1. The Hall–Kier alpha value is -4.40. The van der Waals surface area contributed by atoms with Gasteiger partial charge in [0.2, 0.25) is 5.91 Å². The molecule has 274 valence electrons. The van der Waals surface area contributed by atoms with E-state index in [0.29, 0.717) is 36.6 Å². The number of hydrogen-bond acceptors (Lipinski definition) is 9. The average Bonchev–Trinajstić information content (AvgIpc) is 3.94. The molecule has 1 spiro atoms. The number of aliphatic hydroxyl groups excluding tert-OH is 1. The fourth-order valence-electron chi connectivity index (χ4n) is 8.52. The highest BCUT2D eigenvalue weighted by Gasteiger charge is 2.66. The second-order valence-electron chi connectivity index (χ2n) is 14.8. The predicted octanol–water partition coefficient (Wildman–Crippen LogP) is 4.54. The third-order valence-corrected chi connectivity index (χ3v) is 13.6. The summed E-state index contributed by atoms with van der Waals surface area (Å²) in [5.41, 5.74) is 3.13. The summed E-state index contributed by atoms with van der Waals surface area (Å²) < 4.78 is 14.4. The second kappa shape index (κ2) is 14.6. The van der Waals surface area contributed by atoms with E-state index in [1.807, 2.05) is 99.0 Å². The van der Waals surface area contributed by atoms with Crippen molar-refractivity contribution in [1.29, 1.82) is 0 Å². The minimum absolute atomic E-state index is 0.0394. The van der Waals surface area contributed by atoms with Gasteiger partial charge < -0.3 is 34.9 Å². The molecular weight excluding hydrogens is 677 g/mol. The van der Waals surface area contributed by atoms with E-state index < -0.39 is 20.0 Å². The molecule has 13 heteroatoms. The highest BCUT2D eigenvalue weighted by atomic mass is 28.4. The molecule has 3 aromatic carbocycles. The largest absolute Gasteiger partial charge is 0.497 e. The van der Waals surface area contributed by atoms with Crippen molar-refractivity contribution in [3.8, 4) is 5.75 Å². The standard InChI is InChI=1S/C39H48N6O6Si/c1-25-36(52(3,4)49)35(18-20-44-23-33(42-43-44)30(24-46)27-9-6-5-7-10-27)51-39(25)31-21-29(50-2)16-17-34(31)45(38(39)48)22-26-12-14-28(15-13-26)41-37(47)32-11-8-19-40-32/h5-7,9-10,12-17,21,23,25,30,32,35-36,40,46,49H,8,11,18-20,22,24H2,1-4H3,(H,41,47)/t25-,30?,32-,35+,36-,39+/m1/s1. The lowest BCUT2D eigenvalue weighted by molar-refractivity contribution is -0.146. The van der Waals surface area contributed by atoms with Crippen LogP contribution >= 0.6 is 0 Å². The van der Waals surface area contributed by atoms with Crippen LogP contribution in [0.1, 0.15) is 54.5 Å². The van der Waals surface area contributed by atoms with Crippen LogP contribution in [0, 0.1) is 5.92 Å². The molecule has 7 rings (SSSR count). The Morgan fingerprint density at radius 3 is 2.60 bits per heavy atom. The van der Waals surface area contributed by atoms with Crippen molar-refractivity contribution in [3.05, 3.63) is 101 Å². The SMILES string of the molecule is COc1ccc2c(c1)[C@]1(O[C@@H](CCn3cc(C(CO)c4ccccc4)nn3)[C@H]([Si](C)(C)O)[C@H]1C)C(=O)N2Cc1ccc(NC(=O)[C@H]2CCCN2)cc1. The fourth-order valence-corrected chi connectivity index (χ4v) is 11.1. The van der Waals surface area contributed by atoms with Crippen LogP contribution < -0.4 is 20.3 Å². The van der Waals surface area contributed by atoms with Gasteiger partial charge in [0.25, 0.3) is 5.91 Å². The molecule has 6 atom stereocenters. The van der Waals surface area contributed by atoms with Crippen molar-refractivity contribution in [3.63, 3.8) is 0 Å². The van der Waals surface area contributed by atoms with Gasteiger partial charge in [-0.2, -0.15) is 0 Å². The number of fused-ring (bicyclic) bond motifs is 2. The molecular formula is C39H48N6O6Si. The molecule has 2 amide bonds. The summed E-state index contributed by atoms with van der Waals surface area (Å²) >= 11 is 0. The van der Waals surface area contributed by atoms with Crippen LogP contribution in [0.4, 0.5) is 11.4 Å². The van der Waals surface area contributed by atoms with E-state index in [9.17, 15) is 19.5 Å². The number of rotatable bonds is 12. The number of amides is 2. The normalized spacial score (nSPS) is 24.7. The van der Waals surface area contributed by atoms with Crippen LogP contribution in [0.5, 0.6) is 5.75 Å². The minimum Gasteiger partial charge on any atom is -0.497 e. The van der Waals surface area contributed by atoms with E-state index in [4.69, 9.17) is 9.47 Å². The highest BCUT2D eigenvalue weighted by molar-refractivity contribution is 6.71. The molecule has 0 saturated carbocycles. The number of benzene rings is 3. The Bertz CT molecular complexity index is 1890. The predicted molar refractivity (Wildman–Crippen MR) is 199 cm³/mol. The van der Waals surface area contributed by atoms with Crippen molar-refractivity contribution >= 4 is 31.5 Å². The van der Waals surface area contributed by atoms with Crippen molar-refractivity contribution in [1.82, 2.24) is 20.3 Å². The van der Waals surface area contributed by atoms with Crippen LogP contribution in [0.15, 0.2) is 79.0 Å². The Kier molecular flexibility index (Phi) is 10.1. The minimum atomic E-state index is -2.89. The first-order chi connectivity index (χ1) is 25.0. The second-order valence-corrected chi connectivity index (χ2v) is 18.8. The molecule has 2 fully saturated rings. The van der Waals surface area contributed by atoms with Gasteiger partial charge >= 0.3 is 0 Å². The average molecular weight is 725 g/mol. The first kappa shape index (κ1) is 36.0. The first-order valence-electron chi connectivity index (χ1n) is 18.1. The molecule has 2 saturated heterocycles. The van der Waals surface area contributed by atoms with Crippen molar-refractivity contribution in [2.24, 2.45) is 5.92 Å². The fraction of sp³-hybridized carbons (Fsp3) is 0.436. The van der Waals surface area contributed by atoms with Gasteiger partial charge in [-0.3, -0.25) is 14.3 Å². The lowest BCUT2D eigenvalue weighted by Gasteiger charge is -2.32. The summed E-state index contributed by atoms with van der Waals surface area (Å²) in [4.78, 5) is 41.0. The maximum atomic E-state index is 14.9. The number of aromatic nitrogens is 3. The molecule has 0 aliphatic carbocycles. The zero-order valence-electron chi connectivity index (χ0n) is 30.2. The van der Waals surface area contributed by atoms with E-state index in [1.54, 1.807) is 16.7 Å². The summed E-state index contributed by atoms with van der Waals surface area (Å²) in [6.45, 7) is 7.36. The number of nitrogens with one attached hydrogen (secondary N) is 2. The molecule has 4 aromatic rings. The molecule has 1 unspecified atom stereocenters. The van der Waals surface area contributed by atoms with Crippen molar-refractivity contribution in [2.75, 3.05) is 30.5 Å². The number of ether oxygens (including phenoxy) is 2. The van der Waals surface area contributed by atoms with E-state index in [0.717, 1.165) is 41.8 Å². The van der Waals surface area contributed by atoms with Gasteiger partial charge in [-0.05, 0) is 80.4 Å². The van der Waals surface area contributed by atoms with Gasteiger partial charge in [-0.15, -0.1) is 5.10 Å². The molecule has 3 aliphatic rings. The number of anilines is 2. The van der Waals surface area contributed by atoms with Gasteiger partial charge in [0, 0.05) is 35.5 Å². The summed E-state index contributed by atoms with van der Waals surface area (Å²) in [6, 6.07) is 22.8. The summed E-state index contributed by atoms with van der Waals surface area (Å²) in [5, 5.41) is 25.1. The zero-order chi connectivity index (χ0) is 36.6. The molecule has 0 radical (unpaired) electrons. The lowest BCUT2D eigenvalue weighted by atomic mass is 9.82. The summed E-state index contributed by atoms with van der Waals surface area (Å²) in [7, 11) is -1.28. The van der Waals surface area contributed by atoms with Crippen LogP contribution in [-0.2, 0) is 33.0 Å². The molecule has 4 N–H and O–H groups in total. The maximum absolute atomic E-state index is 14.9. The van der Waals surface area contributed by atoms with E-state index >= 15 is 0 Å². The Morgan fingerprint density at radius 2 is 1.92 bits per heavy atom. The molecule has 52 heavy (non-hydrogen) atoms. The smallest absolute Gasteiger partial charge is 0.264 e. The van der Waals surface area contributed by atoms with Crippen LogP contribution in [0.2, 0.25) is 18.6 Å². The third kappa shape index (κ3) is 6.67. The Labute approximate surface area is 305 Å². The molecule has 12 nitrogen and oxygen atoms in total. The summed E-state index contributed by atoms with van der Waals surface area (Å²) in [6.07, 6.45) is 3.73. The number of aryl methyl sites for hydroxylation is 1. The van der Waals surface area contributed by atoms with E-state index in [1.165, 1.54) is 0 Å². The van der Waals surface area contributed by atoms with Crippen LogP contribution in [0.25, 0.3) is 0 Å². The lowest BCUT2D eigenvalue weighted by Crippen LogP contribution is -2.46. The van der Waals surface area contributed by atoms with Gasteiger partial charge in [0.05, 0.1) is 49.7 Å². The van der Waals surface area contributed by atoms with Crippen LogP contribution in [-0.4, -0.2) is 77.4 Å². The topological polar surface area (TPSA) is 151 Å². The Morgan fingerprint density at radius 1 is 1.15 bits per heavy atom. The van der Waals surface area contributed by atoms with Gasteiger partial charge in [-0.1, -0.05) is 54.6 Å². The van der Waals surface area contributed by atoms with Gasteiger partial charge in [0.15, 0.2) is 13.9 Å². The van der Waals surface area contributed by atoms with Crippen molar-refractivity contribution < 1.29 is 29.0 Å². The molecule has 3 aliphatic heterocycles. The number of hydrogen-bond donors (Lipinski definition) is 4. The number of carbonyl (C=O) groups is 2. The number of nitrogens with zero attached hydrogens (tertiary/aromatic N) is 4. The van der Waals surface area contributed by atoms with Gasteiger partial charge in [-0.25, -0.2) is 0 Å². The quantitative estimate of drug-likeness (QED) is 0.155. The number of aliphatic hydroxyl groups is 1. The zero-order valence-corrected chi connectivity index (χ0v) is 31.2. The Balaban J connectivity index is 1.14.